The number of fused-ring (bicyclic) bond motifs is 1. The number of hydrogen-bond acceptors (Lipinski definition) is 3. The standard InChI is InChI=1S/C20H20N2O2S/c23-19(22-12-6-10-16(22)14-7-2-1-3-8-14)13-18-20(24)21-15-9-4-5-11-17(15)25-18/h1-5,7-9,11,16,18H,6,10,12-13H2,(H,21,24)/t16-,18-/m0/s1. The molecule has 2 aliphatic heterocycles. The number of likely N-dealkylation sites (tertiary alicyclic amines) is 1. The molecule has 2 aromatic rings. The first-order valence-corrected chi connectivity index (χ1v) is 9.51. The molecule has 0 unspecified atom stereocenters. The Labute approximate surface area is 151 Å². The summed E-state index contributed by atoms with van der Waals surface area (Å²) in [5, 5.41) is 2.56. The minimum atomic E-state index is -0.362. The number of benzene rings is 2. The minimum absolute atomic E-state index is 0.0679. The highest BCUT2D eigenvalue weighted by Crippen LogP contribution is 2.38. The fourth-order valence-corrected chi connectivity index (χ4v) is 4.69. The van der Waals surface area contributed by atoms with Crippen LogP contribution < -0.4 is 5.32 Å². The Morgan fingerprint density at radius 2 is 1.88 bits per heavy atom. The molecule has 5 heteroatoms. The van der Waals surface area contributed by atoms with Crippen LogP contribution in [0.3, 0.4) is 0 Å². The summed E-state index contributed by atoms with van der Waals surface area (Å²) < 4.78 is 0. The fourth-order valence-electron chi connectivity index (χ4n) is 3.59. The average Bonchev–Trinajstić information content (AvgIpc) is 3.13. The van der Waals surface area contributed by atoms with Crippen LogP contribution in [0, 0.1) is 0 Å². The Hall–Kier alpha value is -2.27. The van der Waals surface area contributed by atoms with E-state index in [9.17, 15) is 9.59 Å². The number of anilines is 1. The van der Waals surface area contributed by atoms with Crippen molar-refractivity contribution in [2.45, 2.75) is 35.4 Å². The van der Waals surface area contributed by atoms with Crippen molar-refractivity contribution >= 4 is 29.3 Å². The number of nitrogens with one attached hydrogen (secondary N) is 1. The predicted octanol–water partition coefficient (Wildman–Crippen LogP) is 3.85. The second kappa shape index (κ2) is 6.92. The van der Waals surface area contributed by atoms with Crippen molar-refractivity contribution in [3.63, 3.8) is 0 Å². The monoisotopic (exact) mass is 352 g/mol. The molecule has 2 aliphatic rings. The lowest BCUT2D eigenvalue weighted by molar-refractivity contribution is -0.133. The van der Waals surface area contributed by atoms with Crippen molar-refractivity contribution < 1.29 is 9.59 Å². The third-order valence-corrected chi connectivity index (χ3v) is 6.10. The lowest BCUT2D eigenvalue weighted by Crippen LogP contribution is -2.37. The van der Waals surface area contributed by atoms with E-state index in [-0.39, 0.29) is 29.5 Å². The SMILES string of the molecule is O=C1Nc2ccccc2S[C@H]1CC(=O)N1CCC[C@H]1c1ccccc1. The van der Waals surface area contributed by atoms with Gasteiger partial charge in [0.2, 0.25) is 11.8 Å². The van der Waals surface area contributed by atoms with Gasteiger partial charge in [0.25, 0.3) is 0 Å². The van der Waals surface area contributed by atoms with E-state index in [1.807, 2.05) is 47.4 Å². The van der Waals surface area contributed by atoms with Gasteiger partial charge in [0.15, 0.2) is 0 Å². The number of nitrogens with zero attached hydrogens (tertiary/aromatic N) is 1. The van der Waals surface area contributed by atoms with Crippen molar-refractivity contribution in [3.05, 3.63) is 60.2 Å². The van der Waals surface area contributed by atoms with E-state index in [1.165, 1.54) is 17.3 Å². The Morgan fingerprint density at radius 1 is 1.12 bits per heavy atom. The molecule has 25 heavy (non-hydrogen) atoms. The first-order valence-electron chi connectivity index (χ1n) is 8.63. The van der Waals surface area contributed by atoms with Gasteiger partial charge in [-0.05, 0) is 30.5 Å². The maximum Gasteiger partial charge on any atom is 0.238 e. The van der Waals surface area contributed by atoms with Gasteiger partial charge in [-0.15, -0.1) is 11.8 Å². The zero-order chi connectivity index (χ0) is 17.2. The van der Waals surface area contributed by atoms with Crippen LogP contribution >= 0.6 is 11.8 Å². The zero-order valence-electron chi connectivity index (χ0n) is 13.9. The van der Waals surface area contributed by atoms with Gasteiger partial charge < -0.3 is 10.2 Å². The molecule has 0 aromatic heterocycles. The highest BCUT2D eigenvalue weighted by atomic mass is 32.2. The maximum absolute atomic E-state index is 12.9. The lowest BCUT2D eigenvalue weighted by Gasteiger charge is -2.28. The molecule has 1 fully saturated rings. The topological polar surface area (TPSA) is 49.4 Å². The second-order valence-electron chi connectivity index (χ2n) is 6.45. The van der Waals surface area contributed by atoms with Crippen LogP contribution in [0.5, 0.6) is 0 Å². The number of carbonyl (C=O) groups is 2. The van der Waals surface area contributed by atoms with E-state index in [2.05, 4.69) is 17.4 Å². The van der Waals surface area contributed by atoms with E-state index in [0.717, 1.165) is 30.0 Å². The molecule has 0 aliphatic carbocycles. The smallest absolute Gasteiger partial charge is 0.238 e. The van der Waals surface area contributed by atoms with Gasteiger partial charge in [-0.1, -0.05) is 42.5 Å². The number of thioether (sulfide) groups is 1. The quantitative estimate of drug-likeness (QED) is 0.913. The summed E-state index contributed by atoms with van der Waals surface area (Å²) in [7, 11) is 0. The first-order chi connectivity index (χ1) is 12.2. The van der Waals surface area contributed by atoms with E-state index < -0.39 is 0 Å². The molecule has 4 rings (SSSR count). The van der Waals surface area contributed by atoms with Gasteiger partial charge in [0, 0.05) is 17.9 Å². The molecule has 2 heterocycles. The molecule has 128 valence electrons. The third-order valence-electron chi connectivity index (χ3n) is 4.82. The molecule has 0 saturated carbocycles. The molecule has 0 radical (unpaired) electrons. The van der Waals surface area contributed by atoms with Crippen LogP contribution in [-0.4, -0.2) is 28.5 Å². The first kappa shape index (κ1) is 16.2. The molecule has 2 aromatic carbocycles. The average molecular weight is 352 g/mol. The molecule has 2 amide bonds. The zero-order valence-corrected chi connectivity index (χ0v) is 14.7. The van der Waals surface area contributed by atoms with Crippen molar-refractivity contribution in [2.24, 2.45) is 0 Å². The number of carbonyl (C=O) groups excluding carboxylic acids is 2. The van der Waals surface area contributed by atoms with Gasteiger partial charge in [0.1, 0.15) is 0 Å². The second-order valence-corrected chi connectivity index (χ2v) is 7.70. The number of hydrogen-bond donors (Lipinski definition) is 1. The van der Waals surface area contributed by atoms with E-state index in [4.69, 9.17) is 0 Å². The summed E-state index contributed by atoms with van der Waals surface area (Å²) in [5.41, 5.74) is 2.02. The van der Waals surface area contributed by atoms with Crippen LogP contribution in [0.1, 0.15) is 30.9 Å². The van der Waals surface area contributed by atoms with E-state index in [1.54, 1.807) is 0 Å². The molecule has 0 bridgehead atoms. The Morgan fingerprint density at radius 3 is 2.72 bits per heavy atom. The number of para-hydroxylation sites is 1. The van der Waals surface area contributed by atoms with Crippen molar-refractivity contribution in [1.29, 1.82) is 0 Å². The number of rotatable bonds is 3. The summed E-state index contributed by atoms with van der Waals surface area (Å²) in [6, 6.07) is 18.0. The van der Waals surface area contributed by atoms with Crippen LogP contribution in [0.25, 0.3) is 0 Å². The number of amides is 2. The van der Waals surface area contributed by atoms with Crippen molar-refractivity contribution in [3.8, 4) is 0 Å². The molecule has 1 N–H and O–H groups in total. The third kappa shape index (κ3) is 3.29. The summed E-state index contributed by atoms with van der Waals surface area (Å²) >= 11 is 1.49. The van der Waals surface area contributed by atoms with Gasteiger partial charge in [-0.25, -0.2) is 0 Å². The summed E-state index contributed by atoms with van der Waals surface area (Å²) in [6.45, 7) is 0.772. The van der Waals surface area contributed by atoms with Crippen LogP contribution in [0.4, 0.5) is 5.69 Å². The summed E-state index contributed by atoms with van der Waals surface area (Å²) in [5.74, 6) is -0.00843. The molecule has 2 atom stereocenters. The molecular weight excluding hydrogens is 332 g/mol. The van der Waals surface area contributed by atoms with Crippen LogP contribution in [0.15, 0.2) is 59.5 Å². The molecule has 4 nitrogen and oxygen atoms in total. The summed E-state index contributed by atoms with van der Waals surface area (Å²) in [6.07, 6.45) is 2.24. The predicted molar refractivity (Wildman–Crippen MR) is 99.5 cm³/mol. The van der Waals surface area contributed by atoms with E-state index >= 15 is 0 Å². The maximum atomic E-state index is 12.9. The van der Waals surface area contributed by atoms with Gasteiger partial charge in [-0.2, -0.15) is 0 Å². The molecular formula is C20H20N2O2S. The van der Waals surface area contributed by atoms with Gasteiger partial charge >= 0.3 is 0 Å². The van der Waals surface area contributed by atoms with Crippen molar-refractivity contribution in [2.75, 3.05) is 11.9 Å². The highest BCUT2D eigenvalue weighted by molar-refractivity contribution is 8.01. The summed E-state index contributed by atoms with van der Waals surface area (Å²) in [4.78, 5) is 28.2. The van der Waals surface area contributed by atoms with Crippen LogP contribution in [0.2, 0.25) is 0 Å². The minimum Gasteiger partial charge on any atom is -0.336 e. The lowest BCUT2D eigenvalue weighted by atomic mass is 10.0. The normalized spacial score (nSPS) is 22.4. The fraction of sp³-hybridized carbons (Fsp3) is 0.300. The Kier molecular flexibility index (Phi) is 4.49. The van der Waals surface area contributed by atoms with Gasteiger partial charge in [-0.3, -0.25) is 9.59 Å². The van der Waals surface area contributed by atoms with Crippen LogP contribution in [-0.2, 0) is 9.59 Å². The van der Waals surface area contributed by atoms with Crippen molar-refractivity contribution in [1.82, 2.24) is 4.90 Å². The van der Waals surface area contributed by atoms with Gasteiger partial charge in [0.05, 0.1) is 17.0 Å². The molecule has 1 saturated heterocycles. The Balaban J connectivity index is 1.47. The highest BCUT2D eigenvalue weighted by Gasteiger charge is 2.34. The molecule has 0 spiro atoms. The van der Waals surface area contributed by atoms with E-state index in [0.29, 0.717) is 0 Å². The largest absolute Gasteiger partial charge is 0.336 e. The Bertz CT molecular complexity index is 793.